The summed E-state index contributed by atoms with van der Waals surface area (Å²) in [5.74, 6) is 0.616. The second-order valence-electron chi connectivity index (χ2n) is 4.91. The third-order valence-corrected chi connectivity index (χ3v) is 5.15. The summed E-state index contributed by atoms with van der Waals surface area (Å²) in [6, 6.07) is 4.82. The molecule has 0 bridgehead atoms. The summed E-state index contributed by atoms with van der Waals surface area (Å²) in [5.41, 5.74) is 1.47. The molecule has 0 saturated carbocycles. The summed E-state index contributed by atoms with van der Waals surface area (Å²) in [6.07, 6.45) is 0.682. The van der Waals surface area contributed by atoms with Crippen LogP contribution in [-0.2, 0) is 9.84 Å². The summed E-state index contributed by atoms with van der Waals surface area (Å²) >= 11 is 0. The van der Waals surface area contributed by atoms with Crippen LogP contribution in [0.4, 0.5) is 11.4 Å². The molecule has 6 nitrogen and oxygen atoms in total. The number of hydrogen-bond donors (Lipinski definition) is 1. The number of hydrogen-bond acceptors (Lipinski definition) is 5. The Bertz CT molecular complexity index is 598. The van der Waals surface area contributed by atoms with Gasteiger partial charge in [-0.2, -0.15) is 0 Å². The molecule has 1 unspecified atom stereocenters. The number of benzene rings is 1. The van der Waals surface area contributed by atoms with Gasteiger partial charge in [0.1, 0.15) is 0 Å². The van der Waals surface area contributed by atoms with Crippen LogP contribution in [0.3, 0.4) is 0 Å². The number of nitro groups is 1. The maximum Gasteiger partial charge on any atom is 0.272 e. The number of nitrogens with zero attached hydrogens (tertiary/aromatic N) is 1. The second-order valence-corrected chi connectivity index (χ2v) is 7.14. The van der Waals surface area contributed by atoms with E-state index in [1.807, 2.05) is 0 Å². The van der Waals surface area contributed by atoms with Crippen molar-refractivity contribution in [2.24, 2.45) is 5.92 Å². The zero-order chi connectivity index (χ0) is 14.0. The van der Waals surface area contributed by atoms with Crippen molar-refractivity contribution < 1.29 is 13.3 Å². The normalized spacial score (nSPS) is 21.2. The molecule has 0 radical (unpaired) electrons. The molecule has 1 heterocycles. The van der Waals surface area contributed by atoms with Gasteiger partial charge in [0.15, 0.2) is 9.84 Å². The Kier molecular flexibility index (Phi) is 3.75. The summed E-state index contributed by atoms with van der Waals surface area (Å²) in [5, 5.41) is 13.8. The minimum Gasteiger partial charge on any atom is -0.385 e. The lowest BCUT2D eigenvalue weighted by Crippen LogP contribution is -2.15. The first-order chi connectivity index (χ1) is 8.87. The van der Waals surface area contributed by atoms with Gasteiger partial charge in [-0.3, -0.25) is 10.1 Å². The van der Waals surface area contributed by atoms with Crippen LogP contribution in [0.1, 0.15) is 12.0 Å². The maximum atomic E-state index is 11.3. The van der Waals surface area contributed by atoms with Crippen LogP contribution in [0, 0.1) is 23.0 Å². The van der Waals surface area contributed by atoms with E-state index in [0.717, 1.165) is 5.69 Å². The number of aryl methyl sites for hydroxylation is 1. The Morgan fingerprint density at radius 3 is 2.74 bits per heavy atom. The summed E-state index contributed by atoms with van der Waals surface area (Å²) in [6.45, 7) is 2.26. The largest absolute Gasteiger partial charge is 0.385 e. The van der Waals surface area contributed by atoms with Crippen molar-refractivity contribution in [2.75, 3.05) is 23.4 Å². The van der Waals surface area contributed by atoms with E-state index < -0.39 is 14.8 Å². The minimum absolute atomic E-state index is 0.0917. The van der Waals surface area contributed by atoms with Crippen molar-refractivity contribution in [1.82, 2.24) is 0 Å². The SMILES string of the molecule is Cc1cc(NCC2CCS(=O)(=O)C2)ccc1[N+](=O)[O-]. The molecule has 0 spiro atoms. The molecule has 0 amide bonds. The van der Waals surface area contributed by atoms with Gasteiger partial charge in [-0.05, 0) is 31.4 Å². The van der Waals surface area contributed by atoms with E-state index in [1.165, 1.54) is 6.07 Å². The number of sulfone groups is 1. The molecular weight excluding hydrogens is 268 g/mol. The molecule has 1 aliphatic heterocycles. The first kappa shape index (κ1) is 13.8. The van der Waals surface area contributed by atoms with Crippen molar-refractivity contribution in [3.63, 3.8) is 0 Å². The summed E-state index contributed by atoms with van der Waals surface area (Å²) in [4.78, 5) is 10.3. The molecule has 1 aliphatic rings. The molecule has 1 atom stereocenters. The number of anilines is 1. The van der Waals surface area contributed by atoms with E-state index in [2.05, 4.69) is 5.32 Å². The molecule has 1 aromatic rings. The molecule has 1 fully saturated rings. The van der Waals surface area contributed by atoms with Gasteiger partial charge in [0.2, 0.25) is 0 Å². The quantitative estimate of drug-likeness (QED) is 0.672. The van der Waals surface area contributed by atoms with Crippen LogP contribution in [0.5, 0.6) is 0 Å². The standard InChI is InChI=1S/C12H16N2O4S/c1-9-6-11(2-3-12(9)14(15)16)13-7-10-4-5-19(17,18)8-10/h2-3,6,10,13H,4-5,7-8H2,1H3. The Morgan fingerprint density at radius 1 is 1.47 bits per heavy atom. The third-order valence-electron chi connectivity index (χ3n) is 3.32. The van der Waals surface area contributed by atoms with Gasteiger partial charge in [0.05, 0.1) is 16.4 Å². The zero-order valence-electron chi connectivity index (χ0n) is 10.6. The Balaban J connectivity index is 1.97. The fourth-order valence-corrected chi connectivity index (χ4v) is 4.13. The highest BCUT2D eigenvalue weighted by atomic mass is 32.2. The van der Waals surface area contributed by atoms with Gasteiger partial charge in [0.25, 0.3) is 5.69 Å². The zero-order valence-corrected chi connectivity index (χ0v) is 11.4. The highest BCUT2D eigenvalue weighted by Crippen LogP contribution is 2.23. The first-order valence-electron chi connectivity index (χ1n) is 6.07. The van der Waals surface area contributed by atoms with E-state index in [4.69, 9.17) is 0 Å². The second kappa shape index (κ2) is 5.16. The van der Waals surface area contributed by atoms with Crippen molar-refractivity contribution in [3.8, 4) is 0 Å². The predicted molar refractivity (Wildman–Crippen MR) is 73.1 cm³/mol. The molecule has 1 aromatic carbocycles. The van der Waals surface area contributed by atoms with Crippen molar-refractivity contribution in [2.45, 2.75) is 13.3 Å². The molecule has 104 valence electrons. The molecule has 0 aromatic heterocycles. The van der Waals surface area contributed by atoms with Gasteiger partial charge in [-0.15, -0.1) is 0 Å². The predicted octanol–water partition coefficient (Wildman–Crippen LogP) is 1.75. The van der Waals surface area contributed by atoms with Crippen LogP contribution in [0.25, 0.3) is 0 Å². The average molecular weight is 284 g/mol. The lowest BCUT2D eigenvalue weighted by molar-refractivity contribution is -0.385. The smallest absolute Gasteiger partial charge is 0.272 e. The molecule has 1 saturated heterocycles. The van der Waals surface area contributed by atoms with Crippen molar-refractivity contribution in [3.05, 3.63) is 33.9 Å². The molecular formula is C12H16N2O4S. The first-order valence-corrected chi connectivity index (χ1v) is 7.89. The summed E-state index contributed by atoms with van der Waals surface area (Å²) in [7, 11) is -2.86. The Morgan fingerprint density at radius 2 is 2.21 bits per heavy atom. The molecule has 19 heavy (non-hydrogen) atoms. The maximum absolute atomic E-state index is 11.3. The van der Waals surface area contributed by atoms with Crippen LogP contribution < -0.4 is 5.32 Å². The molecule has 0 aliphatic carbocycles. The van der Waals surface area contributed by atoms with E-state index >= 15 is 0 Å². The van der Waals surface area contributed by atoms with E-state index in [-0.39, 0.29) is 23.1 Å². The Hall–Kier alpha value is -1.63. The van der Waals surface area contributed by atoms with E-state index in [9.17, 15) is 18.5 Å². The van der Waals surface area contributed by atoms with E-state index in [0.29, 0.717) is 18.5 Å². The fraction of sp³-hybridized carbons (Fsp3) is 0.500. The van der Waals surface area contributed by atoms with Gasteiger partial charge in [-0.1, -0.05) is 0 Å². The molecule has 2 rings (SSSR count). The highest BCUT2D eigenvalue weighted by Gasteiger charge is 2.27. The molecule has 7 heteroatoms. The minimum atomic E-state index is -2.86. The third kappa shape index (κ3) is 3.44. The topological polar surface area (TPSA) is 89.3 Å². The van der Waals surface area contributed by atoms with Crippen LogP contribution >= 0.6 is 0 Å². The van der Waals surface area contributed by atoms with Crippen LogP contribution in [-0.4, -0.2) is 31.4 Å². The average Bonchev–Trinajstić information content (AvgIpc) is 2.66. The lowest BCUT2D eigenvalue weighted by Gasteiger charge is -2.11. The highest BCUT2D eigenvalue weighted by molar-refractivity contribution is 7.91. The fourth-order valence-electron chi connectivity index (χ4n) is 2.27. The molecule has 1 N–H and O–H groups in total. The van der Waals surface area contributed by atoms with Gasteiger partial charge in [-0.25, -0.2) is 8.42 Å². The van der Waals surface area contributed by atoms with E-state index in [1.54, 1.807) is 19.1 Å². The van der Waals surface area contributed by atoms with Gasteiger partial charge >= 0.3 is 0 Å². The van der Waals surface area contributed by atoms with Crippen LogP contribution in [0.2, 0.25) is 0 Å². The number of nitrogens with one attached hydrogen (secondary N) is 1. The van der Waals surface area contributed by atoms with Crippen LogP contribution in [0.15, 0.2) is 18.2 Å². The summed E-state index contributed by atoms with van der Waals surface area (Å²) < 4.78 is 22.6. The van der Waals surface area contributed by atoms with Gasteiger partial charge in [0, 0.05) is 23.9 Å². The van der Waals surface area contributed by atoms with Gasteiger partial charge < -0.3 is 5.32 Å². The Labute approximate surface area is 111 Å². The number of rotatable bonds is 4. The number of nitro benzene ring substituents is 1. The monoisotopic (exact) mass is 284 g/mol. The van der Waals surface area contributed by atoms with Crippen molar-refractivity contribution in [1.29, 1.82) is 0 Å². The van der Waals surface area contributed by atoms with Crippen molar-refractivity contribution >= 4 is 21.2 Å². The lowest BCUT2D eigenvalue weighted by atomic mass is 10.1.